The highest BCUT2D eigenvalue weighted by atomic mass is 16.2. The fourth-order valence-electron chi connectivity index (χ4n) is 4.02. The molecule has 2 aromatic rings. The number of allylic oxidation sites excluding steroid dienone is 1. The molecule has 31 heavy (non-hydrogen) atoms. The Labute approximate surface area is 180 Å². The molecule has 1 fully saturated rings. The van der Waals surface area contributed by atoms with Crippen molar-refractivity contribution >= 4 is 34.8 Å². The highest BCUT2D eigenvalue weighted by Crippen LogP contribution is 2.31. The zero-order valence-corrected chi connectivity index (χ0v) is 17.8. The summed E-state index contributed by atoms with van der Waals surface area (Å²) in [5, 5.41) is 5.48. The fourth-order valence-corrected chi connectivity index (χ4v) is 4.02. The first-order valence-electron chi connectivity index (χ1n) is 10.6. The van der Waals surface area contributed by atoms with Gasteiger partial charge in [0.15, 0.2) is 0 Å². The van der Waals surface area contributed by atoms with Crippen LogP contribution in [0, 0.1) is 5.92 Å². The zero-order valence-electron chi connectivity index (χ0n) is 17.8. The van der Waals surface area contributed by atoms with E-state index in [1.54, 1.807) is 12.1 Å². The molecule has 1 saturated heterocycles. The minimum Gasteiger partial charge on any atom is -0.342 e. The van der Waals surface area contributed by atoms with E-state index in [9.17, 15) is 14.4 Å². The van der Waals surface area contributed by atoms with Crippen molar-refractivity contribution in [2.45, 2.75) is 39.0 Å². The minimum absolute atomic E-state index is 0.103. The van der Waals surface area contributed by atoms with Gasteiger partial charge in [0, 0.05) is 25.2 Å². The number of rotatable bonds is 4. The predicted molar refractivity (Wildman–Crippen MR) is 121 cm³/mol. The fraction of sp³-hybridized carbons (Fsp3) is 0.391. The number of benzene rings is 1. The van der Waals surface area contributed by atoms with Crippen molar-refractivity contribution in [3.8, 4) is 0 Å². The minimum atomic E-state index is -0.906. The van der Waals surface area contributed by atoms with E-state index in [0.717, 1.165) is 37.1 Å². The van der Waals surface area contributed by atoms with Gasteiger partial charge in [0.1, 0.15) is 5.82 Å². The number of piperidine rings is 1. The Hall–Kier alpha value is -3.42. The number of amides is 2. The second-order valence-corrected chi connectivity index (χ2v) is 8.47. The van der Waals surface area contributed by atoms with Crippen LogP contribution in [-0.4, -0.2) is 34.9 Å². The van der Waals surface area contributed by atoms with Crippen molar-refractivity contribution in [2.24, 2.45) is 5.92 Å². The molecule has 8 nitrogen and oxygen atoms in total. The van der Waals surface area contributed by atoms with Gasteiger partial charge in [-0.2, -0.15) is 4.98 Å². The second kappa shape index (κ2) is 8.37. The van der Waals surface area contributed by atoms with Gasteiger partial charge in [0.05, 0.1) is 11.5 Å². The summed E-state index contributed by atoms with van der Waals surface area (Å²) in [5.74, 6) is -0.402. The lowest BCUT2D eigenvalue weighted by molar-refractivity contribution is -0.123. The summed E-state index contributed by atoms with van der Waals surface area (Å²) in [4.78, 5) is 47.5. The van der Waals surface area contributed by atoms with Crippen molar-refractivity contribution < 1.29 is 9.59 Å². The molecule has 1 aromatic carbocycles. The summed E-state index contributed by atoms with van der Waals surface area (Å²) >= 11 is 0. The van der Waals surface area contributed by atoms with E-state index in [0.29, 0.717) is 17.6 Å². The molecule has 2 amide bonds. The molecular formula is C23H27N5O3. The maximum Gasteiger partial charge on any atom is 0.258 e. The lowest BCUT2D eigenvalue weighted by Gasteiger charge is -2.31. The number of hydrogen-bond donors (Lipinski definition) is 3. The number of aromatic amines is 1. The largest absolute Gasteiger partial charge is 0.342 e. The number of nitrogens with zero attached hydrogens (tertiary/aromatic N) is 2. The Kier molecular flexibility index (Phi) is 5.63. The van der Waals surface area contributed by atoms with Gasteiger partial charge in [0.25, 0.3) is 5.56 Å². The summed E-state index contributed by atoms with van der Waals surface area (Å²) < 4.78 is 0. The highest BCUT2D eigenvalue weighted by Gasteiger charge is 2.35. The molecule has 2 aliphatic heterocycles. The van der Waals surface area contributed by atoms with Gasteiger partial charge >= 0.3 is 0 Å². The average molecular weight is 422 g/mol. The Morgan fingerprint density at radius 1 is 1.19 bits per heavy atom. The number of hydrogen-bond acceptors (Lipinski definition) is 5. The normalized spacial score (nSPS) is 18.8. The van der Waals surface area contributed by atoms with E-state index < -0.39 is 17.4 Å². The summed E-state index contributed by atoms with van der Waals surface area (Å²) in [6.45, 7) is 9.59. The van der Waals surface area contributed by atoms with Crippen LogP contribution in [-0.2, 0) is 9.59 Å². The number of H-pyrrole nitrogens is 1. The lowest BCUT2D eigenvalue weighted by Crippen LogP contribution is -2.39. The van der Waals surface area contributed by atoms with E-state index in [-0.39, 0.29) is 23.7 Å². The van der Waals surface area contributed by atoms with Crippen molar-refractivity contribution in [3.63, 3.8) is 0 Å². The Morgan fingerprint density at radius 3 is 2.52 bits per heavy atom. The standard InChI is InChI=1S/C23H27N5O3/c1-13(2)15-4-6-16(7-5-15)24-21(30)17-12-18(29)25-20-19(17)22(31)27-23(26-20)28-10-8-14(3)9-11-28/h4-7,14,17H,1,8-12H2,2-3H3,(H,24,30)(H2,25,26,27,29,31). The number of carbonyl (C=O) groups excluding carboxylic acids is 2. The smallest absolute Gasteiger partial charge is 0.258 e. The van der Waals surface area contributed by atoms with Crippen LogP contribution in [0.5, 0.6) is 0 Å². The number of nitrogens with one attached hydrogen (secondary N) is 3. The molecule has 1 aromatic heterocycles. The summed E-state index contributed by atoms with van der Waals surface area (Å²) in [5.41, 5.74) is 2.29. The van der Waals surface area contributed by atoms with Crippen molar-refractivity contribution in [1.29, 1.82) is 0 Å². The maximum atomic E-state index is 13.0. The topological polar surface area (TPSA) is 107 Å². The van der Waals surface area contributed by atoms with Crippen LogP contribution in [0.4, 0.5) is 17.5 Å². The van der Waals surface area contributed by atoms with Crippen LogP contribution in [0.3, 0.4) is 0 Å². The third kappa shape index (κ3) is 4.38. The van der Waals surface area contributed by atoms with Gasteiger partial charge in [-0.25, -0.2) is 0 Å². The first kappa shape index (κ1) is 20.8. The molecule has 3 N–H and O–H groups in total. The van der Waals surface area contributed by atoms with Crippen molar-refractivity contribution in [3.05, 3.63) is 52.3 Å². The molecule has 8 heteroatoms. The SMILES string of the molecule is C=C(C)c1ccc(NC(=O)C2CC(=O)Nc3nc(N4CCC(C)CC4)[nH]c(=O)c32)cc1. The van der Waals surface area contributed by atoms with Crippen LogP contribution in [0.1, 0.15) is 50.2 Å². The zero-order chi connectivity index (χ0) is 22.1. The Bertz CT molecular complexity index is 1080. The number of carbonyl (C=O) groups is 2. The third-order valence-corrected chi connectivity index (χ3v) is 5.98. The highest BCUT2D eigenvalue weighted by molar-refractivity contribution is 6.04. The van der Waals surface area contributed by atoms with Crippen molar-refractivity contribution in [1.82, 2.24) is 9.97 Å². The van der Waals surface area contributed by atoms with Gasteiger partial charge in [0.2, 0.25) is 17.8 Å². The van der Waals surface area contributed by atoms with Gasteiger partial charge in [-0.15, -0.1) is 0 Å². The molecule has 0 aliphatic carbocycles. The average Bonchev–Trinajstić information content (AvgIpc) is 2.73. The summed E-state index contributed by atoms with van der Waals surface area (Å²) in [6.07, 6.45) is 1.93. The van der Waals surface area contributed by atoms with Crippen LogP contribution in [0.2, 0.25) is 0 Å². The molecule has 0 bridgehead atoms. The monoisotopic (exact) mass is 421 g/mol. The molecule has 0 spiro atoms. The van der Waals surface area contributed by atoms with E-state index in [1.165, 1.54) is 0 Å². The molecule has 2 aliphatic rings. The second-order valence-electron chi connectivity index (χ2n) is 8.47. The number of anilines is 3. The van der Waals surface area contributed by atoms with E-state index >= 15 is 0 Å². The third-order valence-electron chi connectivity index (χ3n) is 5.98. The van der Waals surface area contributed by atoms with Gasteiger partial charge < -0.3 is 15.5 Å². The molecule has 0 radical (unpaired) electrons. The first-order valence-corrected chi connectivity index (χ1v) is 10.6. The molecular weight excluding hydrogens is 394 g/mol. The van der Waals surface area contributed by atoms with Crippen LogP contribution in [0.15, 0.2) is 35.6 Å². The van der Waals surface area contributed by atoms with E-state index in [2.05, 4.69) is 34.1 Å². The molecule has 4 rings (SSSR count). The van der Waals surface area contributed by atoms with Crippen LogP contribution in [0.25, 0.3) is 5.57 Å². The quantitative estimate of drug-likeness (QED) is 0.703. The molecule has 1 atom stereocenters. The van der Waals surface area contributed by atoms with Crippen LogP contribution >= 0.6 is 0 Å². The van der Waals surface area contributed by atoms with Gasteiger partial charge in [-0.1, -0.05) is 31.2 Å². The van der Waals surface area contributed by atoms with Gasteiger partial charge in [-0.05, 0) is 43.4 Å². The summed E-state index contributed by atoms with van der Waals surface area (Å²) in [7, 11) is 0. The molecule has 162 valence electrons. The Balaban J connectivity index is 1.59. The van der Waals surface area contributed by atoms with Gasteiger partial charge in [-0.3, -0.25) is 19.4 Å². The summed E-state index contributed by atoms with van der Waals surface area (Å²) in [6, 6.07) is 7.27. The van der Waals surface area contributed by atoms with E-state index in [4.69, 9.17) is 0 Å². The Morgan fingerprint density at radius 2 is 1.87 bits per heavy atom. The maximum absolute atomic E-state index is 13.0. The van der Waals surface area contributed by atoms with Crippen molar-refractivity contribution in [2.75, 3.05) is 28.6 Å². The first-order chi connectivity index (χ1) is 14.8. The molecule has 1 unspecified atom stereocenters. The molecule has 3 heterocycles. The lowest BCUT2D eigenvalue weighted by atomic mass is 9.92. The number of fused-ring (bicyclic) bond motifs is 1. The van der Waals surface area contributed by atoms with E-state index in [1.807, 2.05) is 24.0 Å². The predicted octanol–water partition coefficient (Wildman–Crippen LogP) is 3.10. The van der Waals surface area contributed by atoms with Crippen LogP contribution < -0.4 is 21.1 Å². The molecule has 0 saturated carbocycles. The number of aromatic nitrogens is 2.